The highest BCUT2D eigenvalue weighted by molar-refractivity contribution is 7.13. The molecule has 21 heavy (non-hydrogen) atoms. The first kappa shape index (κ1) is 14.8. The first-order chi connectivity index (χ1) is 10.3. The van der Waals surface area contributed by atoms with E-state index in [-0.39, 0.29) is 0 Å². The van der Waals surface area contributed by atoms with Crippen molar-refractivity contribution in [2.24, 2.45) is 5.92 Å². The van der Waals surface area contributed by atoms with Gasteiger partial charge in [0.2, 0.25) is 0 Å². The lowest BCUT2D eigenvalue weighted by Crippen LogP contribution is -2.36. The number of aromatic nitrogens is 1. The number of rotatable bonds is 8. The fraction of sp³-hybridized carbons (Fsp3) is 0.562. The molecule has 2 aromatic rings. The molecule has 0 N–H and O–H groups in total. The standard InChI is InChI=1S/C16H22N2O2S/c1-12(13-5-6-13)18(7-9-19-2)10-14-11-21-16(17-14)15-4-3-8-20-15/h3-4,8,11-13H,5-7,9-10H2,1-2H3. The predicted molar refractivity (Wildman–Crippen MR) is 84.3 cm³/mol. The van der Waals surface area contributed by atoms with Crippen LogP contribution in [0.3, 0.4) is 0 Å². The van der Waals surface area contributed by atoms with Gasteiger partial charge in [0.05, 0.1) is 18.6 Å². The van der Waals surface area contributed by atoms with Gasteiger partial charge in [0.1, 0.15) is 0 Å². The largest absolute Gasteiger partial charge is 0.462 e. The van der Waals surface area contributed by atoms with E-state index in [1.165, 1.54) is 12.8 Å². The highest BCUT2D eigenvalue weighted by Gasteiger charge is 2.32. The zero-order chi connectivity index (χ0) is 14.7. The van der Waals surface area contributed by atoms with Crippen molar-refractivity contribution in [3.63, 3.8) is 0 Å². The topological polar surface area (TPSA) is 38.5 Å². The Bertz CT molecular complexity index is 548. The molecule has 0 saturated heterocycles. The lowest BCUT2D eigenvalue weighted by Gasteiger charge is -2.28. The summed E-state index contributed by atoms with van der Waals surface area (Å²) in [4.78, 5) is 7.19. The molecule has 2 aromatic heterocycles. The molecule has 1 atom stereocenters. The van der Waals surface area contributed by atoms with E-state index in [0.29, 0.717) is 6.04 Å². The second kappa shape index (κ2) is 6.73. The molecular weight excluding hydrogens is 284 g/mol. The van der Waals surface area contributed by atoms with Gasteiger partial charge < -0.3 is 9.15 Å². The Morgan fingerprint density at radius 2 is 2.38 bits per heavy atom. The summed E-state index contributed by atoms with van der Waals surface area (Å²) in [6, 6.07) is 4.46. The summed E-state index contributed by atoms with van der Waals surface area (Å²) in [5.74, 6) is 1.70. The number of nitrogens with zero attached hydrogens (tertiary/aromatic N) is 2. The number of ether oxygens (including phenoxy) is 1. The van der Waals surface area contributed by atoms with Crippen LogP contribution in [-0.2, 0) is 11.3 Å². The maximum absolute atomic E-state index is 5.41. The van der Waals surface area contributed by atoms with Crippen molar-refractivity contribution < 1.29 is 9.15 Å². The smallest absolute Gasteiger partial charge is 0.162 e. The lowest BCUT2D eigenvalue weighted by atomic mass is 10.2. The summed E-state index contributed by atoms with van der Waals surface area (Å²) >= 11 is 1.65. The summed E-state index contributed by atoms with van der Waals surface area (Å²) in [6.07, 6.45) is 4.41. The minimum Gasteiger partial charge on any atom is -0.462 e. The third kappa shape index (κ3) is 3.73. The van der Waals surface area contributed by atoms with Gasteiger partial charge in [-0.1, -0.05) is 0 Å². The van der Waals surface area contributed by atoms with E-state index in [1.807, 2.05) is 12.1 Å². The van der Waals surface area contributed by atoms with Crippen LogP contribution in [0.25, 0.3) is 10.8 Å². The van der Waals surface area contributed by atoms with Crippen molar-refractivity contribution in [3.8, 4) is 10.8 Å². The van der Waals surface area contributed by atoms with Crippen LogP contribution in [0.1, 0.15) is 25.5 Å². The maximum atomic E-state index is 5.41. The zero-order valence-corrected chi connectivity index (χ0v) is 13.4. The molecule has 5 heteroatoms. The van der Waals surface area contributed by atoms with Crippen molar-refractivity contribution in [2.75, 3.05) is 20.3 Å². The molecule has 4 nitrogen and oxygen atoms in total. The van der Waals surface area contributed by atoms with Crippen LogP contribution in [0, 0.1) is 5.92 Å². The van der Waals surface area contributed by atoms with Crippen molar-refractivity contribution >= 4 is 11.3 Å². The maximum Gasteiger partial charge on any atom is 0.162 e. The fourth-order valence-electron chi connectivity index (χ4n) is 2.61. The van der Waals surface area contributed by atoms with E-state index in [1.54, 1.807) is 24.7 Å². The van der Waals surface area contributed by atoms with Crippen LogP contribution in [0.2, 0.25) is 0 Å². The van der Waals surface area contributed by atoms with Crippen molar-refractivity contribution in [2.45, 2.75) is 32.4 Å². The molecule has 1 aliphatic carbocycles. The molecule has 0 bridgehead atoms. The van der Waals surface area contributed by atoms with Crippen LogP contribution in [0.5, 0.6) is 0 Å². The molecule has 0 amide bonds. The van der Waals surface area contributed by atoms with E-state index in [0.717, 1.165) is 42.1 Å². The molecule has 0 radical (unpaired) electrons. The quantitative estimate of drug-likeness (QED) is 0.746. The second-order valence-corrected chi connectivity index (χ2v) is 6.52. The van der Waals surface area contributed by atoms with E-state index in [9.17, 15) is 0 Å². The molecule has 114 valence electrons. The third-order valence-corrected chi connectivity index (χ3v) is 5.02. The number of hydrogen-bond donors (Lipinski definition) is 0. The highest BCUT2D eigenvalue weighted by Crippen LogP contribution is 2.35. The number of hydrogen-bond acceptors (Lipinski definition) is 5. The molecule has 1 aliphatic rings. The summed E-state index contributed by atoms with van der Waals surface area (Å²) in [5.41, 5.74) is 1.12. The molecular formula is C16H22N2O2S. The van der Waals surface area contributed by atoms with Gasteiger partial charge >= 0.3 is 0 Å². The Balaban J connectivity index is 1.67. The summed E-state index contributed by atoms with van der Waals surface area (Å²) in [5, 5.41) is 3.10. The molecule has 0 aliphatic heterocycles. The molecule has 2 heterocycles. The Morgan fingerprint density at radius 1 is 1.52 bits per heavy atom. The number of thiazole rings is 1. The molecule has 1 fully saturated rings. The van der Waals surface area contributed by atoms with E-state index >= 15 is 0 Å². The highest BCUT2D eigenvalue weighted by atomic mass is 32.1. The summed E-state index contributed by atoms with van der Waals surface area (Å²) in [7, 11) is 1.76. The third-order valence-electron chi connectivity index (χ3n) is 4.11. The SMILES string of the molecule is COCCN(Cc1csc(-c2ccco2)n1)C(C)C1CC1. The van der Waals surface area contributed by atoms with Crippen LogP contribution < -0.4 is 0 Å². The molecule has 0 aromatic carbocycles. The number of furan rings is 1. The Kier molecular flexibility index (Phi) is 4.73. The first-order valence-electron chi connectivity index (χ1n) is 7.49. The van der Waals surface area contributed by atoms with Crippen LogP contribution >= 0.6 is 11.3 Å². The van der Waals surface area contributed by atoms with Gasteiger partial charge in [-0.25, -0.2) is 4.98 Å². The van der Waals surface area contributed by atoms with Gasteiger partial charge in [0.25, 0.3) is 0 Å². The first-order valence-corrected chi connectivity index (χ1v) is 8.37. The van der Waals surface area contributed by atoms with Crippen LogP contribution in [-0.4, -0.2) is 36.2 Å². The van der Waals surface area contributed by atoms with Crippen molar-refractivity contribution in [3.05, 3.63) is 29.5 Å². The van der Waals surface area contributed by atoms with Crippen molar-refractivity contribution in [1.29, 1.82) is 0 Å². The Labute approximate surface area is 129 Å². The minimum atomic E-state index is 0.605. The Morgan fingerprint density at radius 3 is 3.05 bits per heavy atom. The van der Waals surface area contributed by atoms with Gasteiger partial charge in [-0.2, -0.15) is 0 Å². The van der Waals surface area contributed by atoms with Gasteiger partial charge in [-0.3, -0.25) is 4.90 Å². The Hall–Kier alpha value is -1.17. The van der Waals surface area contributed by atoms with Crippen LogP contribution in [0.4, 0.5) is 0 Å². The minimum absolute atomic E-state index is 0.605. The second-order valence-electron chi connectivity index (χ2n) is 5.66. The van der Waals surface area contributed by atoms with Gasteiger partial charge in [0, 0.05) is 31.6 Å². The molecule has 3 rings (SSSR count). The monoisotopic (exact) mass is 306 g/mol. The summed E-state index contributed by atoms with van der Waals surface area (Å²) < 4.78 is 10.7. The van der Waals surface area contributed by atoms with Gasteiger partial charge in [-0.05, 0) is 37.8 Å². The molecule has 0 spiro atoms. The normalized spacial score (nSPS) is 16.5. The van der Waals surface area contributed by atoms with Crippen molar-refractivity contribution in [1.82, 2.24) is 9.88 Å². The van der Waals surface area contributed by atoms with Gasteiger partial charge in [-0.15, -0.1) is 11.3 Å². The molecule has 1 unspecified atom stereocenters. The van der Waals surface area contributed by atoms with Gasteiger partial charge in [0.15, 0.2) is 10.8 Å². The number of methoxy groups -OCH3 is 1. The predicted octanol–water partition coefficient (Wildman–Crippen LogP) is 3.65. The average molecular weight is 306 g/mol. The molecule has 1 saturated carbocycles. The lowest BCUT2D eigenvalue weighted by molar-refractivity contribution is 0.111. The average Bonchev–Trinajstić information content (AvgIpc) is 3.01. The fourth-order valence-corrected chi connectivity index (χ4v) is 3.39. The van der Waals surface area contributed by atoms with E-state index in [4.69, 9.17) is 14.1 Å². The summed E-state index contributed by atoms with van der Waals surface area (Å²) in [6.45, 7) is 4.94. The van der Waals surface area contributed by atoms with Crippen LogP contribution in [0.15, 0.2) is 28.2 Å². The van der Waals surface area contributed by atoms with E-state index < -0.39 is 0 Å². The van der Waals surface area contributed by atoms with E-state index in [2.05, 4.69) is 17.2 Å². The zero-order valence-electron chi connectivity index (χ0n) is 12.6.